The molecule has 1 aromatic heterocycles. The standard InChI is InChI=1S/C31H28ClN5O6/c1-3-43-31(41)26-19-37(36-35-26)27-15-12-23(32)18-22(27)11-16-28(38)34-25(17-20-7-5-4-6-8-20)29(39)33-24-13-9-21(10-14-24)30(40)42-2/h4-16,18-19,25H,3,17H2,1-2H3,(H,33,39)(H,34,38)/t25-/m0/s1. The van der Waals surface area contributed by atoms with E-state index in [-0.39, 0.29) is 18.7 Å². The lowest BCUT2D eigenvalue weighted by atomic mass is 10.0. The molecule has 2 amide bonds. The van der Waals surface area contributed by atoms with Crippen LogP contribution in [0.1, 0.15) is 38.9 Å². The van der Waals surface area contributed by atoms with Crippen molar-refractivity contribution in [2.45, 2.75) is 19.4 Å². The Labute approximate surface area is 252 Å². The molecular formula is C31H28ClN5O6. The van der Waals surface area contributed by atoms with E-state index in [0.29, 0.717) is 27.5 Å². The minimum Gasteiger partial charge on any atom is -0.465 e. The molecule has 0 saturated heterocycles. The minimum atomic E-state index is -0.930. The summed E-state index contributed by atoms with van der Waals surface area (Å²) < 4.78 is 11.0. The van der Waals surface area contributed by atoms with Crippen LogP contribution in [-0.2, 0) is 25.5 Å². The number of anilines is 1. The van der Waals surface area contributed by atoms with E-state index in [0.717, 1.165) is 5.56 Å². The van der Waals surface area contributed by atoms with E-state index in [1.165, 1.54) is 42.3 Å². The summed E-state index contributed by atoms with van der Waals surface area (Å²) in [5, 5.41) is 13.8. The van der Waals surface area contributed by atoms with Crippen molar-refractivity contribution in [1.82, 2.24) is 20.3 Å². The summed E-state index contributed by atoms with van der Waals surface area (Å²) in [6.45, 7) is 1.88. The van der Waals surface area contributed by atoms with Crippen molar-refractivity contribution in [1.29, 1.82) is 0 Å². The van der Waals surface area contributed by atoms with Gasteiger partial charge in [0.15, 0.2) is 5.69 Å². The first kappa shape index (κ1) is 30.7. The lowest BCUT2D eigenvalue weighted by molar-refractivity contribution is -0.123. The van der Waals surface area contributed by atoms with Crippen LogP contribution >= 0.6 is 11.6 Å². The maximum Gasteiger partial charge on any atom is 0.360 e. The molecule has 0 aliphatic rings. The summed E-state index contributed by atoms with van der Waals surface area (Å²) >= 11 is 6.21. The van der Waals surface area contributed by atoms with Gasteiger partial charge in [0.25, 0.3) is 0 Å². The molecule has 3 aromatic carbocycles. The van der Waals surface area contributed by atoms with Crippen LogP contribution in [0.5, 0.6) is 0 Å². The molecule has 220 valence electrons. The van der Waals surface area contributed by atoms with Gasteiger partial charge in [-0.25, -0.2) is 14.3 Å². The highest BCUT2D eigenvalue weighted by Crippen LogP contribution is 2.21. The first-order valence-electron chi connectivity index (χ1n) is 13.2. The van der Waals surface area contributed by atoms with Gasteiger partial charge < -0.3 is 20.1 Å². The number of aromatic nitrogens is 3. The molecule has 1 atom stereocenters. The Morgan fingerprint density at radius 2 is 1.74 bits per heavy atom. The number of carbonyl (C=O) groups excluding carboxylic acids is 4. The summed E-state index contributed by atoms with van der Waals surface area (Å²) in [7, 11) is 1.28. The predicted molar refractivity (Wildman–Crippen MR) is 160 cm³/mol. The molecule has 0 fully saturated rings. The Hall–Kier alpha value is -5.29. The third-order valence-electron chi connectivity index (χ3n) is 6.12. The number of nitrogens with zero attached hydrogens (tertiary/aromatic N) is 3. The Morgan fingerprint density at radius 1 is 1.00 bits per heavy atom. The molecule has 2 N–H and O–H groups in total. The van der Waals surface area contributed by atoms with Crippen LogP contribution in [0.2, 0.25) is 5.02 Å². The van der Waals surface area contributed by atoms with Gasteiger partial charge in [-0.1, -0.05) is 47.1 Å². The maximum atomic E-state index is 13.3. The van der Waals surface area contributed by atoms with Gasteiger partial charge in [-0.05, 0) is 61.0 Å². The zero-order chi connectivity index (χ0) is 30.8. The number of halogens is 1. The Balaban J connectivity index is 1.52. The van der Waals surface area contributed by atoms with Gasteiger partial charge in [0.2, 0.25) is 11.8 Å². The van der Waals surface area contributed by atoms with Crippen LogP contribution in [0.4, 0.5) is 5.69 Å². The van der Waals surface area contributed by atoms with Gasteiger partial charge in [-0.3, -0.25) is 9.59 Å². The molecule has 1 heterocycles. The number of hydrogen-bond donors (Lipinski definition) is 2. The van der Waals surface area contributed by atoms with Crippen LogP contribution in [0.3, 0.4) is 0 Å². The van der Waals surface area contributed by atoms with Crippen molar-refractivity contribution in [3.63, 3.8) is 0 Å². The molecule has 0 radical (unpaired) electrons. The van der Waals surface area contributed by atoms with E-state index < -0.39 is 29.8 Å². The number of benzene rings is 3. The van der Waals surface area contributed by atoms with Crippen LogP contribution in [0, 0.1) is 0 Å². The predicted octanol–water partition coefficient (Wildman–Crippen LogP) is 4.26. The molecule has 0 aliphatic heterocycles. The van der Waals surface area contributed by atoms with E-state index in [2.05, 4.69) is 20.9 Å². The maximum absolute atomic E-state index is 13.3. The van der Waals surface area contributed by atoms with Crippen molar-refractivity contribution < 1.29 is 28.7 Å². The molecule has 43 heavy (non-hydrogen) atoms. The van der Waals surface area contributed by atoms with E-state index in [9.17, 15) is 19.2 Å². The van der Waals surface area contributed by atoms with Crippen molar-refractivity contribution in [3.05, 3.63) is 112 Å². The smallest absolute Gasteiger partial charge is 0.360 e. The van der Waals surface area contributed by atoms with E-state index >= 15 is 0 Å². The van der Waals surface area contributed by atoms with E-state index in [4.69, 9.17) is 21.1 Å². The monoisotopic (exact) mass is 601 g/mol. The number of nitrogens with one attached hydrogen (secondary N) is 2. The summed E-state index contributed by atoms with van der Waals surface area (Å²) in [5.74, 6) is -2.09. The fraction of sp³-hybridized carbons (Fsp3) is 0.161. The second-order valence-corrected chi connectivity index (χ2v) is 9.55. The Kier molecular flexibility index (Phi) is 10.4. The average Bonchev–Trinajstić information content (AvgIpc) is 3.51. The normalized spacial score (nSPS) is 11.5. The lowest BCUT2D eigenvalue weighted by Gasteiger charge is -2.18. The fourth-order valence-corrected chi connectivity index (χ4v) is 4.21. The zero-order valence-electron chi connectivity index (χ0n) is 23.3. The van der Waals surface area contributed by atoms with Gasteiger partial charge in [0.05, 0.1) is 31.2 Å². The first-order valence-corrected chi connectivity index (χ1v) is 13.6. The third kappa shape index (κ3) is 8.37. The number of carbonyl (C=O) groups is 4. The van der Waals surface area contributed by atoms with Gasteiger partial charge in [-0.2, -0.15) is 0 Å². The van der Waals surface area contributed by atoms with Crippen molar-refractivity contribution in [2.75, 3.05) is 19.0 Å². The SMILES string of the molecule is CCOC(=O)c1cn(-c2ccc(Cl)cc2C=CC(=O)N[C@@H](Cc2ccccc2)C(=O)Nc2ccc(C(=O)OC)cc2)nn1. The van der Waals surface area contributed by atoms with Gasteiger partial charge in [-0.15, -0.1) is 5.10 Å². The van der Waals surface area contributed by atoms with E-state index in [1.807, 2.05) is 30.3 Å². The number of methoxy groups -OCH3 is 1. The molecule has 11 nitrogen and oxygen atoms in total. The van der Waals surface area contributed by atoms with Gasteiger partial charge in [0.1, 0.15) is 6.04 Å². The van der Waals surface area contributed by atoms with Crippen LogP contribution < -0.4 is 10.6 Å². The van der Waals surface area contributed by atoms with Gasteiger partial charge in [0, 0.05) is 28.8 Å². The fourth-order valence-electron chi connectivity index (χ4n) is 4.03. The molecule has 0 aliphatic carbocycles. The Morgan fingerprint density at radius 3 is 2.44 bits per heavy atom. The molecule has 12 heteroatoms. The highest BCUT2D eigenvalue weighted by Gasteiger charge is 2.21. The molecular weight excluding hydrogens is 574 g/mol. The first-order chi connectivity index (χ1) is 20.8. The quantitative estimate of drug-likeness (QED) is 0.192. The number of rotatable bonds is 11. The van der Waals surface area contributed by atoms with Crippen LogP contribution in [0.15, 0.2) is 85.1 Å². The van der Waals surface area contributed by atoms with Crippen molar-refractivity contribution >= 4 is 47.1 Å². The number of ether oxygens (including phenoxy) is 2. The largest absolute Gasteiger partial charge is 0.465 e. The second kappa shape index (κ2) is 14.6. The topological polar surface area (TPSA) is 142 Å². The number of amides is 2. The summed E-state index contributed by atoms with van der Waals surface area (Å²) in [6, 6.07) is 19.5. The van der Waals surface area contributed by atoms with Crippen molar-refractivity contribution in [3.8, 4) is 5.69 Å². The highest BCUT2D eigenvalue weighted by molar-refractivity contribution is 6.30. The average molecular weight is 602 g/mol. The van der Waals surface area contributed by atoms with Gasteiger partial charge >= 0.3 is 11.9 Å². The van der Waals surface area contributed by atoms with Crippen molar-refractivity contribution in [2.24, 2.45) is 0 Å². The van der Waals surface area contributed by atoms with Crippen LogP contribution in [0.25, 0.3) is 11.8 Å². The number of hydrogen-bond acceptors (Lipinski definition) is 8. The van der Waals surface area contributed by atoms with Crippen LogP contribution in [-0.4, -0.2) is 58.5 Å². The molecule has 4 rings (SSSR count). The molecule has 0 spiro atoms. The molecule has 0 unspecified atom stereocenters. The third-order valence-corrected chi connectivity index (χ3v) is 6.35. The second-order valence-electron chi connectivity index (χ2n) is 9.11. The number of esters is 2. The molecule has 0 saturated carbocycles. The Bertz CT molecular complexity index is 1640. The zero-order valence-corrected chi connectivity index (χ0v) is 24.1. The highest BCUT2D eigenvalue weighted by atomic mass is 35.5. The minimum absolute atomic E-state index is 0.0270. The summed E-state index contributed by atoms with van der Waals surface area (Å²) in [6.07, 6.45) is 4.43. The lowest BCUT2D eigenvalue weighted by Crippen LogP contribution is -2.44. The molecule has 0 bridgehead atoms. The van der Waals surface area contributed by atoms with E-state index in [1.54, 1.807) is 37.3 Å². The summed E-state index contributed by atoms with van der Waals surface area (Å²) in [5.41, 5.74) is 2.67. The summed E-state index contributed by atoms with van der Waals surface area (Å²) in [4.78, 5) is 50.1. The molecule has 4 aromatic rings.